The van der Waals surface area contributed by atoms with Crippen molar-refractivity contribution in [3.8, 4) is 11.5 Å². The number of ketones is 1. The maximum Gasteiger partial charge on any atom is 0.174 e. The Morgan fingerprint density at radius 2 is 1.89 bits per heavy atom. The fourth-order valence-electron chi connectivity index (χ4n) is 3.87. The Labute approximate surface area is 159 Å². The van der Waals surface area contributed by atoms with Crippen molar-refractivity contribution in [3.63, 3.8) is 0 Å². The summed E-state index contributed by atoms with van der Waals surface area (Å²) in [5, 5.41) is 10.5. The highest BCUT2D eigenvalue weighted by Gasteiger charge is 2.38. The number of morpholine rings is 1. The number of nitrogens with zero attached hydrogens (tertiary/aromatic N) is 1. The van der Waals surface area contributed by atoms with Crippen LogP contribution in [0.3, 0.4) is 0 Å². The molecule has 2 aliphatic rings. The number of rotatable bonds is 4. The van der Waals surface area contributed by atoms with Gasteiger partial charge in [-0.1, -0.05) is 30.3 Å². The molecule has 0 spiro atoms. The van der Waals surface area contributed by atoms with Crippen LogP contribution in [0.15, 0.2) is 42.5 Å². The van der Waals surface area contributed by atoms with Crippen molar-refractivity contribution < 1.29 is 19.4 Å². The van der Waals surface area contributed by atoms with E-state index < -0.39 is 5.60 Å². The highest BCUT2D eigenvalue weighted by atomic mass is 16.5. The van der Waals surface area contributed by atoms with Crippen LogP contribution in [-0.2, 0) is 11.2 Å². The van der Waals surface area contributed by atoms with Crippen LogP contribution in [0.5, 0.6) is 11.5 Å². The molecule has 0 amide bonds. The number of carbonyl (C=O) groups is 1. The number of phenolic OH excluding ortho intramolecular Hbond substituents is 1. The first-order valence-electron chi connectivity index (χ1n) is 9.50. The Kier molecular flexibility index (Phi) is 4.79. The minimum Gasteiger partial charge on any atom is -0.507 e. The quantitative estimate of drug-likeness (QED) is 0.895. The Morgan fingerprint density at radius 3 is 2.63 bits per heavy atom. The van der Waals surface area contributed by atoms with Crippen LogP contribution in [0.1, 0.15) is 35.7 Å². The zero-order valence-corrected chi connectivity index (χ0v) is 15.6. The van der Waals surface area contributed by atoms with E-state index in [-0.39, 0.29) is 18.0 Å². The third kappa shape index (κ3) is 3.78. The van der Waals surface area contributed by atoms with Gasteiger partial charge in [-0.15, -0.1) is 0 Å². The zero-order valence-electron chi connectivity index (χ0n) is 15.6. The summed E-state index contributed by atoms with van der Waals surface area (Å²) < 4.78 is 11.7. The molecule has 1 saturated heterocycles. The maximum absolute atomic E-state index is 12.7. The van der Waals surface area contributed by atoms with Crippen LogP contribution < -0.4 is 9.64 Å². The molecule has 5 heteroatoms. The third-order valence-corrected chi connectivity index (χ3v) is 5.40. The van der Waals surface area contributed by atoms with Crippen molar-refractivity contribution in [2.24, 2.45) is 0 Å². The number of benzene rings is 2. The van der Waals surface area contributed by atoms with E-state index in [0.29, 0.717) is 24.5 Å². The lowest BCUT2D eigenvalue weighted by atomic mass is 9.86. The first-order valence-corrected chi connectivity index (χ1v) is 9.50. The van der Waals surface area contributed by atoms with Crippen molar-refractivity contribution in [2.45, 2.75) is 31.8 Å². The lowest BCUT2D eigenvalue weighted by Gasteiger charge is -2.36. The molecule has 27 heavy (non-hydrogen) atoms. The van der Waals surface area contributed by atoms with Crippen molar-refractivity contribution in [2.75, 3.05) is 31.2 Å². The Morgan fingerprint density at radius 1 is 1.15 bits per heavy atom. The van der Waals surface area contributed by atoms with Gasteiger partial charge in [0.2, 0.25) is 0 Å². The zero-order chi connectivity index (χ0) is 18.9. The van der Waals surface area contributed by atoms with Gasteiger partial charge in [-0.05, 0) is 25.3 Å². The van der Waals surface area contributed by atoms with Crippen LogP contribution in [0.4, 0.5) is 5.69 Å². The Balaban J connectivity index is 1.57. The van der Waals surface area contributed by atoms with E-state index in [1.54, 1.807) is 6.07 Å². The summed E-state index contributed by atoms with van der Waals surface area (Å²) in [5.41, 5.74) is 1.83. The van der Waals surface area contributed by atoms with Gasteiger partial charge in [0, 0.05) is 30.9 Å². The first kappa shape index (κ1) is 17.9. The van der Waals surface area contributed by atoms with Crippen LogP contribution in [0, 0.1) is 0 Å². The number of hydrogen-bond acceptors (Lipinski definition) is 5. The second kappa shape index (κ2) is 7.24. The summed E-state index contributed by atoms with van der Waals surface area (Å²) in [4.78, 5) is 14.9. The third-order valence-electron chi connectivity index (χ3n) is 5.40. The molecule has 2 aromatic rings. The average Bonchev–Trinajstić information content (AvgIpc) is 2.67. The van der Waals surface area contributed by atoms with Gasteiger partial charge in [0.25, 0.3) is 0 Å². The van der Waals surface area contributed by atoms with Crippen molar-refractivity contribution in [1.82, 2.24) is 0 Å². The minimum absolute atomic E-state index is 0.00380. The molecule has 1 N–H and O–H groups in total. The molecule has 0 bridgehead atoms. The highest BCUT2D eigenvalue weighted by molar-refractivity contribution is 6.03. The van der Waals surface area contributed by atoms with E-state index in [1.807, 2.05) is 31.2 Å². The van der Waals surface area contributed by atoms with Crippen LogP contribution in [-0.4, -0.2) is 42.8 Å². The molecule has 2 heterocycles. The van der Waals surface area contributed by atoms with Crippen molar-refractivity contribution in [3.05, 3.63) is 53.6 Å². The predicted octanol–water partition coefficient (Wildman–Crippen LogP) is 3.59. The molecule has 4 rings (SSSR count). The average molecular weight is 367 g/mol. The molecule has 2 aliphatic heterocycles. The van der Waals surface area contributed by atoms with E-state index in [1.165, 1.54) is 5.56 Å². The van der Waals surface area contributed by atoms with E-state index in [0.717, 1.165) is 31.6 Å². The van der Waals surface area contributed by atoms with E-state index in [9.17, 15) is 9.90 Å². The van der Waals surface area contributed by atoms with Gasteiger partial charge < -0.3 is 19.5 Å². The monoisotopic (exact) mass is 367 g/mol. The number of fused-ring (bicyclic) bond motifs is 1. The van der Waals surface area contributed by atoms with Crippen LogP contribution in [0.2, 0.25) is 0 Å². The SMILES string of the molecule is CC1(CCc2ccccc2)CC(=O)c2c(O)cc(N3CCOCC3)cc2O1. The van der Waals surface area contributed by atoms with Gasteiger partial charge in [0.15, 0.2) is 5.78 Å². The first-order chi connectivity index (χ1) is 13.0. The fourth-order valence-corrected chi connectivity index (χ4v) is 3.87. The van der Waals surface area contributed by atoms with Gasteiger partial charge in [-0.2, -0.15) is 0 Å². The molecule has 142 valence electrons. The molecule has 5 nitrogen and oxygen atoms in total. The van der Waals surface area contributed by atoms with E-state index in [2.05, 4.69) is 17.0 Å². The minimum atomic E-state index is -0.573. The standard InChI is InChI=1S/C22H25NO4/c1-22(8-7-16-5-3-2-4-6-16)15-19(25)21-18(24)13-17(14-20(21)27-22)23-9-11-26-12-10-23/h2-6,13-14,24H,7-12,15H2,1H3. The fraction of sp³-hybridized carbons (Fsp3) is 0.409. The Bertz CT molecular complexity index is 830. The number of aryl methyl sites for hydroxylation is 1. The van der Waals surface area contributed by atoms with Crippen molar-refractivity contribution >= 4 is 11.5 Å². The van der Waals surface area contributed by atoms with E-state index >= 15 is 0 Å². The summed E-state index contributed by atoms with van der Waals surface area (Å²) in [6.45, 7) is 4.82. The van der Waals surface area contributed by atoms with Gasteiger partial charge >= 0.3 is 0 Å². The van der Waals surface area contributed by atoms with E-state index in [4.69, 9.17) is 9.47 Å². The lowest BCUT2D eigenvalue weighted by Crippen LogP contribution is -2.40. The number of carbonyl (C=O) groups excluding carboxylic acids is 1. The number of aromatic hydroxyl groups is 1. The molecule has 0 aliphatic carbocycles. The lowest BCUT2D eigenvalue weighted by molar-refractivity contribution is 0.0466. The van der Waals surface area contributed by atoms with Crippen molar-refractivity contribution in [1.29, 1.82) is 0 Å². The number of ether oxygens (including phenoxy) is 2. The molecule has 2 aromatic carbocycles. The number of Topliss-reactive ketones (excluding diaryl/α,β-unsaturated/α-hetero) is 1. The normalized spacial score (nSPS) is 22.3. The number of hydrogen-bond donors (Lipinski definition) is 1. The summed E-state index contributed by atoms with van der Waals surface area (Å²) in [6, 6.07) is 13.8. The molecule has 0 radical (unpaired) electrons. The van der Waals surface area contributed by atoms with Gasteiger partial charge in [0.05, 0.1) is 19.6 Å². The predicted molar refractivity (Wildman–Crippen MR) is 104 cm³/mol. The second-order valence-electron chi connectivity index (χ2n) is 7.57. The number of phenols is 1. The topological polar surface area (TPSA) is 59.0 Å². The molecular formula is C22H25NO4. The smallest absolute Gasteiger partial charge is 0.174 e. The van der Waals surface area contributed by atoms with Gasteiger partial charge in [-0.3, -0.25) is 4.79 Å². The number of anilines is 1. The van der Waals surface area contributed by atoms with Crippen LogP contribution in [0.25, 0.3) is 0 Å². The molecule has 1 unspecified atom stereocenters. The van der Waals surface area contributed by atoms with Gasteiger partial charge in [-0.25, -0.2) is 0 Å². The molecule has 0 saturated carbocycles. The summed E-state index contributed by atoms with van der Waals surface area (Å²) >= 11 is 0. The maximum atomic E-state index is 12.7. The Hall–Kier alpha value is -2.53. The summed E-state index contributed by atoms with van der Waals surface area (Å²) in [5.74, 6) is 0.435. The van der Waals surface area contributed by atoms with Crippen LogP contribution >= 0.6 is 0 Å². The second-order valence-corrected chi connectivity index (χ2v) is 7.57. The molecular weight excluding hydrogens is 342 g/mol. The molecule has 1 atom stereocenters. The highest BCUT2D eigenvalue weighted by Crippen LogP contribution is 2.42. The summed E-state index contributed by atoms with van der Waals surface area (Å²) in [6.07, 6.45) is 1.86. The van der Waals surface area contributed by atoms with Gasteiger partial charge in [0.1, 0.15) is 22.7 Å². The summed E-state index contributed by atoms with van der Waals surface area (Å²) in [7, 11) is 0. The largest absolute Gasteiger partial charge is 0.507 e. The molecule has 1 fully saturated rings. The molecule has 0 aromatic heterocycles.